The molecule has 0 aliphatic heterocycles. The lowest BCUT2D eigenvalue weighted by Gasteiger charge is -2.00. The predicted octanol–water partition coefficient (Wildman–Crippen LogP) is 2.06. The molecule has 4 heteroatoms. The van der Waals surface area contributed by atoms with Crippen molar-refractivity contribution < 1.29 is 0 Å². The van der Waals surface area contributed by atoms with Gasteiger partial charge in [0, 0.05) is 19.0 Å². The van der Waals surface area contributed by atoms with Gasteiger partial charge in [0.1, 0.15) is 4.60 Å². The lowest BCUT2D eigenvalue weighted by atomic mass is 10.1. The highest BCUT2D eigenvalue weighted by Crippen LogP contribution is 2.23. The first kappa shape index (κ1) is 9.68. The molecule has 0 aliphatic rings. The van der Waals surface area contributed by atoms with E-state index in [4.69, 9.17) is 0 Å². The third-order valence-corrected chi connectivity index (χ3v) is 2.84. The second-order valence-corrected chi connectivity index (χ2v) is 4.05. The van der Waals surface area contributed by atoms with Crippen molar-refractivity contribution in [3.63, 3.8) is 0 Å². The zero-order chi connectivity index (χ0) is 10.1. The van der Waals surface area contributed by atoms with Crippen LogP contribution in [0.4, 0.5) is 0 Å². The van der Waals surface area contributed by atoms with Crippen LogP contribution in [0, 0.1) is 0 Å². The fourth-order valence-electron chi connectivity index (χ4n) is 1.57. The zero-order valence-corrected chi connectivity index (χ0v) is 9.80. The Morgan fingerprint density at radius 3 is 3.00 bits per heavy atom. The number of halogens is 1. The summed E-state index contributed by atoms with van der Waals surface area (Å²) in [6.07, 6.45) is 0. The smallest absolute Gasteiger partial charge is 0.135 e. The molecule has 1 heterocycles. The van der Waals surface area contributed by atoms with Crippen molar-refractivity contribution in [2.45, 2.75) is 6.54 Å². The Balaban J connectivity index is 2.59. The van der Waals surface area contributed by atoms with E-state index in [1.165, 1.54) is 5.56 Å². The van der Waals surface area contributed by atoms with Gasteiger partial charge in [-0.3, -0.25) is 4.68 Å². The fourth-order valence-corrected chi connectivity index (χ4v) is 2.15. The molecular formula is C10H12BrN3. The van der Waals surface area contributed by atoms with Gasteiger partial charge >= 0.3 is 0 Å². The van der Waals surface area contributed by atoms with E-state index in [2.05, 4.69) is 44.5 Å². The topological polar surface area (TPSA) is 29.9 Å². The van der Waals surface area contributed by atoms with Gasteiger partial charge < -0.3 is 5.32 Å². The van der Waals surface area contributed by atoms with Crippen molar-refractivity contribution in [3.05, 3.63) is 28.4 Å². The molecular weight excluding hydrogens is 242 g/mol. The minimum absolute atomic E-state index is 0.888. The maximum absolute atomic E-state index is 4.30. The second kappa shape index (κ2) is 3.71. The van der Waals surface area contributed by atoms with E-state index in [1.54, 1.807) is 0 Å². The summed E-state index contributed by atoms with van der Waals surface area (Å²) in [5.74, 6) is 0. The van der Waals surface area contributed by atoms with Gasteiger partial charge in [0.2, 0.25) is 0 Å². The molecule has 0 unspecified atom stereocenters. The van der Waals surface area contributed by atoms with Crippen molar-refractivity contribution in [2.24, 2.45) is 7.05 Å². The van der Waals surface area contributed by atoms with Crippen LogP contribution >= 0.6 is 15.9 Å². The molecule has 2 rings (SSSR count). The second-order valence-electron chi connectivity index (χ2n) is 3.30. The van der Waals surface area contributed by atoms with Gasteiger partial charge in [-0.2, -0.15) is 5.10 Å². The summed E-state index contributed by atoms with van der Waals surface area (Å²) in [7, 11) is 3.90. The molecule has 0 atom stereocenters. The van der Waals surface area contributed by atoms with Crippen LogP contribution in [0.25, 0.3) is 10.9 Å². The first-order valence-electron chi connectivity index (χ1n) is 4.48. The maximum atomic E-state index is 4.30. The van der Waals surface area contributed by atoms with Gasteiger partial charge in [0.15, 0.2) is 0 Å². The van der Waals surface area contributed by atoms with Crippen LogP contribution in [0.15, 0.2) is 22.8 Å². The van der Waals surface area contributed by atoms with Gasteiger partial charge in [0.25, 0.3) is 0 Å². The van der Waals surface area contributed by atoms with Crippen molar-refractivity contribution >= 4 is 26.8 Å². The Kier molecular flexibility index (Phi) is 2.56. The van der Waals surface area contributed by atoms with Crippen molar-refractivity contribution in [1.29, 1.82) is 0 Å². The number of hydrogen-bond acceptors (Lipinski definition) is 2. The highest BCUT2D eigenvalue weighted by molar-refractivity contribution is 9.10. The summed E-state index contributed by atoms with van der Waals surface area (Å²) in [4.78, 5) is 0. The van der Waals surface area contributed by atoms with Crippen LogP contribution in [0.2, 0.25) is 0 Å². The normalized spacial score (nSPS) is 11.1. The van der Waals surface area contributed by atoms with E-state index >= 15 is 0 Å². The van der Waals surface area contributed by atoms with Gasteiger partial charge in [-0.25, -0.2) is 0 Å². The molecule has 0 saturated heterocycles. The number of fused-ring (bicyclic) bond motifs is 1. The van der Waals surface area contributed by atoms with E-state index in [9.17, 15) is 0 Å². The lowest BCUT2D eigenvalue weighted by molar-refractivity contribution is 0.784. The van der Waals surface area contributed by atoms with Gasteiger partial charge in [-0.1, -0.05) is 6.07 Å². The molecule has 3 nitrogen and oxygen atoms in total. The monoisotopic (exact) mass is 253 g/mol. The van der Waals surface area contributed by atoms with Gasteiger partial charge in [-0.15, -0.1) is 0 Å². The molecule has 0 aliphatic carbocycles. The van der Waals surface area contributed by atoms with Crippen LogP contribution in [-0.4, -0.2) is 16.8 Å². The lowest BCUT2D eigenvalue weighted by Crippen LogP contribution is -2.04. The Morgan fingerprint density at radius 1 is 1.50 bits per heavy atom. The van der Waals surface area contributed by atoms with Crippen LogP contribution in [0.1, 0.15) is 5.56 Å². The number of hydrogen-bond donors (Lipinski definition) is 1. The summed E-state index contributed by atoms with van der Waals surface area (Å²) in [5, 5.41) is 8.60. The Morgan fingerprint density at radius 2 is 2.29 bits per heavy atom. The number of benzene rings is 1. The SMILES string of the molecule is CNCc1ccc2c(Br)nn(C)c2c1. The summed E-state index contributed by atoms with van der Waals surface area (Å²) in [5.41, 5.74) is 2.43. The van der Waals surface area contributed by atoms with E-state index in [0.29, 0.717) is 0 Å². The van der Waals surface area contributed by atoms with E-state index in [-0.39, 0.29) is 0 Å². The molecule has 74 valence electrons. The fraction of sp³-hybridized carbons (Fsp3) is 0.300. The molecule has 0 fully saturated rings. The van der Waals surface area contributed by atoms with Crippen LogP contribution in [0.5, 0.6) is 0 Å². The van der Waals surface area contributed by atoms with Crippen LogP contribution < -0.4 is 5.32 Å². The molecule has 14 heavy (non-hydrogen) atoms. The molecule has 0 saturated carbocycles. The summed E-state index contributed by atoms with van der Waals surface area (Å²) >= 11 is 3.43. The number of rotatable bonds is 2. The van der Waals surface area contributed by atoms with Crippen molar-refractivity contribution in [3.8, 4) is 0 Å². The Labute approximate surface area is 91.2 Å². The largest absolute Gasteiger partial charge is 0.316 e. The third-order valence-electron chi connectivity index (χ3n) is 2.25. The highest BCUT2D eigenvalue weighted by Gasteiger charge is 2.05. The maximum Gasteiger partial charge on any atom is 0.135 e. The number of aromatic nitrogens is 2. The highest BCUT2D eigenvalue weighted by atomic mass is 79.9. The van der Waals surface area contributed by atoms with E-state index in [1.807, 2.05) is 18.8 Å². The van der Waals surface area contributed by atoms with E-state index in [0.717, 1.165) is 22.1 Å². The molecule has 1 aromatic heterocycles. The van der Waals surface area contributed by atoms with Crippen LogP contribution in [-0.2, 0) is 13.6 Å². The van der Waals surface area contributed by atoms with Crippen LogP contribution in [0.3, 0.4) is 0 Å². The van der Waals surface area contributed by atoms with Crippen molar-refractivity contribution in [1.82, 2.24) is 15.1 Å². The molecule has 0 radical (unpaired) electrons. The minimum atomic E-state index is 0.888. The Hall–Kier alpha value is -0.870. The quantitative estimate of drug-likeness (QED) is 0.888. The first-order valence-corrected chi connectivity index (χ1v) is 5.27. The number of nitrogens with zero attached hydrogens (tertiary/aromatic N) is 2. The zero-order valence-electron chi connectivity index (χ0n) is 8.21. The first-order chi connectivity index (χ1) is 6.72. The average molecular weight is 254 g/mol. The summed E-state index contributed by atoms with van der Waals surface area (Å²) in [6, 6.07) is 6.37. The number of aryl methyl sites for hydroxylation is 1. The van der Waals surface area contributed by atoms with Gasteiger partial charge in [-0.05, 0) is 40.7 Å². The molecule has 0 spiro atoms. The average Bonchev–Trinajstić information content (AvgIpc) is 2.43. The predicted molar refractivity (Wildman–Crippen MR) is 61.2 cm³/mol. The number of nitrogens with one attached hydrogen (secondary N) is 1. The molecule has 2 aromatic rings. The van der Waals surface area contributed by atoms with Gasteiger partial charge in [0.05, 0.1) is 5.52 Å². The Bertz CT molecular complexity index is 462. The summed E-state index contributed by atoms with van der Waals surface area (Å²) in [6.45, 7) is 0.888. The molecule has 1 aromatic carbocycles. The molecule has 0 bridgehead atoms. The van der Waals surface area contributed by atoms with Crippen molar-refractivity contribution in [2.75, 3.05) is 7.05 Å². The third kappa shape index (κ3) is 1.55. The summed E-state index contributed by atoms with van der Waals surface area (Å²) < 4.78 is 2.80. The molecule has 1 N–H and O–H groups in total. The minimum Gasteiger partial charge on any atom is -0.316 e. The molecule has 0 amide bonds. The standard InChI is InChI=1S/C10H12BrN3/c1-12-6-7-3-4-8-9(5-7)14(2)13-10(8)11/h3-5,12H,6H2,1-2H3. The van der Waals surface area contributed by atoms with E-state index < -0.39 is 0 Å².